The number of nitrogens with zero attached hydrogens (tertiary/aromatic N) is 2. The Balaban J connectivity index is 1.76. The zero-order valence-electron chi connectivity index (χ0n) is 15.0. The van der Waals surface area contributed by atoms with Gasteiger partial charge in [-0.15, -0.1) is 0 Å². The molecule has 0 fully saturated rings. The molecule has 2 heterocycles. The molecule has 1 aromatic carbocycles. The molecule has 10 heteroatoms. The van der Waals surface area contributed by atoms with E-state index in [0.717, 1.165) is 0 Å². The van der Waals surface area contributed by atoms with Crippen LogP contribution >= 0.6 is 11.8 Å². The van der Waals surface area contributed by atoms with E-state index in [9.17, 15) is 9.59 Å². The number of ether oxygens (including phenoxy) is 2. The summed E-state index contributed by atoms with van der Waals surface area (Å²) in [7, 11) is 3.07. The second kappa shape index (κ2) is 8.12. The van der Waals surface area contributed by atoms with Gasteiger partial charge in [0.05, 0.1) is 25.8 Å². The smallest absolute Gasteiger partial charge is 0.277 e. The molecule has 0 radical (unpaired) electrons. The topological polar surface area (TPSA) is 122 Å². The van der Waals surface area contributed by atoms with Gasteiger partial charge in [-0.25, -0.2) is 9.97 Å². The number of rotatable bonds is 7. The number of methoxy groups -OCH3 is 2. The molecule has 0 aliphatic rings. The molecule has 0 bridgehead atoms. The number of hydrogen-bond donors (Lipinski definition) is 3. The van der Waals surface area contributed by atoms with Crippen molar-refractivity contribution in [1.29, 1.82) is 0 Å². The van der Waals surface area contributed by atoms with E-state index in [2.05, 4.69) is 25.3 Å². The molecule has 1 amide bonds. The molecule has 0 aliphatic heterocycles. The first kappa shape index (κ1) is 18.8. The molecule has 2 aromatic heterocycles. The first-order valence-electron chi connectivity index (χ1n) is 8.18. The fourth-order valence-corrected chi connectivity index (χ4v) is 3.37. The Morgan fingerprint density at radius 3 is 2.78 bits per heavy atom. The van der Waals surface area contributed by atoms with Gasteiger partial charge < -0.3 is 19.8 Å². The van der Waals surface area contributed by atoms with Crippen LogP contribution in [0.5, 0.6) is 11.5 Å². The fraction of sp³-hybridized carbons (Fsp3) is 0.294. The summed E-state index contributed by atoms with van der Waals surface area (Å²) in [6.07, 6.45) is 1.95. The molecule has 0 spiro atoms. The number of fused-ring (bicyclic) bond motifs is 1. The Morgan fingerprint density at radius 1 is 1.30 bits per heavy atom. The Hall–Kier alpha value is -3.01. The first-order chi connectivity index (χ1) is 13.0. The van der Waals surface area contributed by atoms with Crippen LogP contribution in [0, 0.1) is 0 Å². The minimum atomic E-state index is -0.447. The van der Waals surface area contributed by atoms with Crippen LogP contribution in [-0.4, -0.2) is 45.3 Å². The van der Waals surface area contributed by atoms with E-state index in [1.807, 2.05) is 6.92 Å². The summed E-state index contributed by atoms with van der Waals surface area (Å²) in [6, 6.07) is 5.13. The van der Waals surface area contributed by atoms with E-state index in [0.29, 0.717) is 39.9 Å². The molecule has 3 N–H and O–H groups in total. The predicted octanol–water partition coefficient (Wildman–Crippen LogP) is 2.17. The van der Waals surface area contributed by atoms with Gasteiger partial charge in [-0.2, -0.15) is 0 Å². The van der Waals surface area contributed by atoms with Gasteiger partial charge in [0.25, 0.3) is 5.56 Å². The fourth-order valence-electron chi connectivity index (χ4n) is 2.47. The first-order valence-corrected chi connectivity index (χ1v) is 9.06. The summed E-state index contributed by atoms with van der Waals surface area (Å²) >= 11 is 1.18. The summed E-state index contributed by atoms with van der Waals surface area (Å²) in [4.78, 5) is 38.3. The molecular formula is C17H19N5O4S. The number of thioether (sulfide) groups is 1. The number of anilines is 1. The lowest BCUT2D eigenvalue weighted by Gasteiger charge is -2.15. The largest absolute Gasteiger partial charge is 0.493 e. The Bertz CT molecular complexity index is 1020. The summed E-state index contributed by atoms with van der Waals surface area (Å²) in [5.74, 6) is 0.886. The summed E-state index contributed by atoms with van der Waals surface area (Å²) in [6.45, 7) is 1.89. The summed E-state index contributed by atoms with van der Waals surface area (Å²) in [5.41, 5.74) is 0.884. The molecule has 3 rings (SSSR count). The number of hydrogen-bond acceptors (Lipinski definition) is 7. The highest BCUT2D eigenvalue weighted by atomic mass is 32.2. The average Bonchev–Trinajstić information content (AvgIpc) is 3.15. The molecule has 27 heavy (non-hydrogen) atoms. The Kier molecular flexibility index (Phi) is 5.65. The van der Waals surface area contributed by atoms with Crippen LogP contribution in [0.1, 0.15) is 13.3 Å². The van der Waals surface area contributed by atoms with Gasteiger partial charge in [-0.3, -0.25) is 14.6 Å². The maximum atomic E-state index is 12.7. The highest BCUT2D eigenvalue weighted by Crippen LogP contribution is 2.30. The Labute approximate surface area is 158 Å². The van der Waals surface area contributed by atoms with Crippen molar-refractivity contribution in [2.45, 2.75) is 23.8 Å². The zero-order valence-corrected chi connectivity index (χ0v) is 15.8. The molecule has 9 nitrogen and oxygen atoms in total. The van der Waals surface area contributed by atoms with Crippen LogP contribution < -0.4 is 20.3 Å². The van der Waals surface area contributed by atoms with Crippen LogP contribution in [0.2, 0.25) is 0 Å². The van der Waals surface area contributed by atoms with Crippen LogP contribution in [0.15, 0.2) is 34.5 Å². The molecule has 3 aromatic rings. The minimum Gasteiger partial charge on any atom is -0.493 e. The van der Waals surface area contributed by atoms with Crippen molar-refractivity contribution in [2.24, 2.45) is 0 Å². The van der Waals surface area contributed by atoms with E-state index in [4.69, 9.17) is 9.47 Å². The normalized spacial score (nSPS) is 12.0. The number of amides is 1. The third-order valence-electron chi connectivity index (χ3n) is 3.84. The third kappa shape index (κ3) is 4.05. The lowest BCUT2D eigenvalue weighted by atomic mass is 10.2. The van der Waals surface area contributed by atoms with Crippen molar-refractivity contribution in [1.82, 2.24) is 19.9 Å². The van der Waals surface area contributed by atoms with Crippen LogP contribution in [0.4, 0.5) is 5.69 Å². The van der Waals surface area contributed by atoms with Crippen molar-refractivity contribution in [3.05, 3.63) is 34.9 Å². The Morgan fingerprint density at radius 2 is 2.07 bits per heavy atom. The maximum absolute atomic E-state index is 12.7. The second-order valence-corrected chi connectivity index (χ2v) is 6.74. The molecule has 0 aliphatic carbocycles. The highest BCUT2D eigenvalue weighted by molar-refractivity contribution is 8.00. The number of nitrogens with one attached hydrogen (secondary N) is 3. The van der Waals surface area contributed by atoms with Crippen molar-refractivity contribution in [2.75, 3.05) is 19.5 Å². The summed E-state index contributed by atoms with van der Waals surface area (Å²) in [5, 5.41) is 2.74. The van der Waals surface area contributed by atoms with E-state index in [-0.39, 0.29) is 11.5 Å². The molecule has 0 saturated carbocycles. The molecular weight excluding hydrogens is 370 g/mol. The van der Waals surface area contributed by atoms with E-state index in [1.165, 1.54) is 25.2 Å². The lowest BCUT2D eigenvalue weighted by molar-refractivity contribution is -0.115. The monoisotopic (exact) mass is 389 g/mol. The molecule has 142 valence electrons. The van der Waals surface area contributed by atoms with Gasteiger partial charge in [-0.1, -0.05) is 18.7 Å². The van der Waals surface area contributed by atoms with E-state index < -0.39 is 5.25 Å². The van der Waals surface area contributed by atoms with Gasteiger partial charge in [-0.05, 0) is 18.6 Å². The van der Waals surface area contributed by atoms with Gasteiger partial charge in [0.1, 0.15) is 0 Å². The quantitative estimate of drug-likeness (QED) is 0.418. The number of benzene rings is 1. The maximum Gasteiger partial charge on any atom is 0.277 e. The standard InChI is InChI=1S/C17H19N5O4S/c1-4-12(27-17-21-14-13(16(24)22-17)18-8-19-14)15(23)20-9-5-6-10(25-2)11(7-9)26-3/h5-8,12H,4H2,1-3H3,(H,20,23)(H2,18,19,21,22,24)/t12-/m1/s1. The summed E-state index contributed by atoms with van der Waals surface area (Å²) < 4.78 is 10.4. The van der Waals surface area contributed by atoms with E-state index >= 15 is 0 Å². The SMILES string of the molecule is CC[C@@H](Sc1nc2nc[nH]c2c(=O)[nH]1)C(=O)Nc1ccc(OC)c(OC)c1. The van der Waals surface area contributed by atoms with Crippen molar-refractivity contribution < 1.29 is 14.3 Å². The lowest BCUT2D eigenvalue weighted by Crippen LogP contribution is -2.25. The number of carbonyl (C=O) groups excluding carboxylic acids is 1. The molecule has 1 atom stereocenters. The number of H-pyrrole nitrogens is 2. The van der Waals surface area contributed by atoms with Crippen LogP contribution in [-0.2, 0) is 4.79 Å². The van der Waals surface area contributed by atoms with Crippen LogP contribution in [0.3, 0.4) is 0 Å². The van der Waals surface area contributed by atoms with Gasteiger partial charge in [0, 0.05) is 11.8 Å². The second-order valence-electron chi connectivity index (χ2n) is 5.55. The molecule has 0 unspecified atom stereocenters. The number of aromatic amines is 2. The third-order valence-corrected chi connectivity index (χ3v) is 5.09. The van der Waals surface area contributed by atoms with Crippen molar-refractivity contribution in [3.63, 3.8) is 0 Å². The van der Waals surface area contributed by atoms with Gasteiger partial charge >= 0.3 is 0 Å². The van der Waals surface area contributed by atoms with Crippen LogP contribution in [0.25, 0.3) is 11.2 Å². The predicted molar refractivity (Wildman–Crippen MR) is 103 cm³/mol. The molecule has 0 saturated heterocycles. The van der Waals surface area contributed by atoms with E-state index in [1.54, 1.807) is 25.3 Å². The van der Waals surface area contributed by atoms with Crippen molar-refractivity contribution in [3.8, 4) is 11.5 Å². The number of aromatic nitrogens is 4. The highest BCUT2D eigenvalue weighted by Gasteiger charge is 2.21. The number of carbonyl (C=O) groups is 1. The van der Waals surface area contributed by atoms with Crippen molar-refractivity contribution >= 4 is 34.5 Å². The number of imidazole rings is 1. The average molecular weight is 389 g/mol. The zero-order chi connectivity index (χ0) is 19.4. The minimum absolute atomic E-state index is 0.209. The van der Waals surface area contributed by atoms with Gasteiger partial charge in [0.2, 0.25) is 5.91 Å². The van der Waals surface area contributed by atoms with Gasteiger partial charge in [0.15, 0.2) is 27.8 Å².